The summed E-state index contributed by atoms with van der Waals surface area (Å²) in [6.45, 7) is 0. The molecule has 1 rings (SSSR count). The standard InChI is InChI=1S/C8H6FNS/c9-8(11-6-10)7-4-2-1-3-5-7/h1-5,8H. The lowest BCUT2D eigenvalue weighted by atomic mass is 10.2. The Morgan fingerprint density at radius 1 is 1.36 bits per heavy atom. The predicted molar refractivity (Wildman–Crippen MR) is 43.5 cm³/mol. The molecule has 56 valence electrons. The summed E-state index contributed by atoms with van der Waals surface area (Å²) in [5.41, 5.74) is -0.680. The van der Waals surface area contributed by atoms with Gasteiger partial charge in [-0.15, -0.1) is 0 Å². The quantitative estimate of drug-likeness (QED) is 0.632. The molecule has 0 aliphatic rings. The summed E-state index contributed by atoms with van der Waals surface area (Å²) in [6.07, 6.45) is 0. The van der Waals surface area contributed by atoms with Gasteiger partial charge in [-0.25, -0.2) is 4.39 Å². The molecule has 0 fully saturated rings. The van der Waals surface area contributed by atoms with Crippen LogP contribution in [0.5, 0.6) is 0 Å². The lowest BCUT2D eigenvalue weighted by Crippen LogP contribution is -1.82. The maximum Gasteiger partial charge on any atom is 0.184 e. The Morgan fingerprint density at radius 3 is 2.55 bits per heavy atom. The van der Waals surface area contributed by atoms with E-state index in [1.54, 1.807) is 29.7 Å². The van der Waals surface area contributed by atoms with Gasteiger partial charge in [0.05, 0.1) is 0 Å². The first-order valence-electron chi connectivity index (χ1n) is 3.08. The molecule has 1 aromatic rings. The van der Waals surface area contributed by atoms with Gasteiger partial charge in [-0.3, -0.25) is 0 Å². The third-order valence-corrected chi connectivity index (χ3v) is 1.80. The highest BCUT2D eigenvalue weighted by Crippen LogP contribution is 2.28. The molecule has 1 nitrogen and oxygen atoms in total. The maximum atomic E-state index is 12.9. The lowest BCUT2D eigenvalue weighted by molar-refractivity contribution is 0.471. The van der Waals surface area contributed by atoms with Crippen molar-refractivity contribution in [3.8, 4) is 5.40 Å². The second kappa shape index (κ2) is 3.99. The van der Waals surface area contributed by atoms with Gasteiger partial charge in [0.2, 0.25) is 0 Å². The molecule has 0 aliphatic heterocycles. The van der Waals surface area contributed by atoms with Crippen LogP contribution in [-0.4, -0.2) is 0 Å². The van der Waals surface area contributed by atoms with Gasteiger partial charge in [0.1, 0.15) is 5.40 Å². The highest BCUT2D eigenvalue weighted by Gasteiger charge is 2.07. The van der Waals surface area contributed by atoms with Crippen molar-refractivity contribution in [2.24, 2.45) is 0 Å². The Morgan fingerprint density at radius 2 is 2.00 bits per heavy atom. The molecule has 1 unspecified atom stereocenters. The molecule has 1 aromatic carbocycles. The Labute approximate surface area is 68.8 Å². The molecule has 0 spiro atoms. The second-order valence-electron chi connectivity index (χ2n) is 1.94. The number of thiocyanates is 1. The van der Waals surface area contributed by atoms with Crippen LogP contribution < -0.4 is 0 Å². The Bertz CT molecular complexity index is 255. The number of rotatable bonds is 2. The number of benzene rings is 1. The molecule has 0 aliphatic carbocycles. The van der Waals surface area contributed by atoms with E-state index in [0.717, 1.165) is 0 Å². The summed E-state index contributed by atoms with van der Waals surface area (Å²) in [5.74, 6) is 0. The second-order valence-corrected chi connectivity index (χ2v) is 2.77. The number of thioether (sulfide) groups is 1. The first-order chi connectivity index (χ1) is 5.34. The maximum absolute atomic E-state index is 12.9. The first kappa shape index (κ1) is 8.09. The van der Waals surface area contributed by atoms with E-state index in [1.165, 1.54) is 0 Å². The summed E-state index contributed by atoms with van der Waals surface area (Å²) < 4.78 is 12.9. The Kier molecular flexibility index (Phi) is 2.94. The zero-order valence-corrected chi connectivity index (χ0v) is 6.51. The molecule has 0 saturated carbocycles. The van der Waals surface area contributed by atoms with Crippen molar-refractivity contribution in [1.29, 1.82) is 5.26 Å². The van der Waals surface area contributed by atoms with Crippen LogP contribution in [0.4, 0.5) is 4.39 Å². The molecule has 11 heavy (non-hydrogen) atoms. The molecular weight excluding hydrogens is 161 g/mol. The third-order valence-electron chi connectivity index (χ3n) is 1.22. The Hall–Kier alpha value is -1.01. The van der Waals surface area contributed by atoms with Crippen LogP contribution in [0.3, 0.4) is 0 Å². The van der Waals surface area contributed by atoms with E-state index in [4.69, 9.17) is 5.26 Å². The summed E-state index contributed by atoms with van der Waals surface area (Å²) in [4.78, 5) is 0. The van der Waals surface area contributed by atoms with Crippen LogP contribution in [0.2, 0.25) is 0 Å². The van der Waals surface area contributed by atoms with E-state index >= 15 is 0 Å². The Balaban J connectivity index is 2.70. The van der Waals surface area contributed by atoms with Crippen LogP contribution >= 0.6 is 11.8 Å². The molecule has 0 bridgehead atoms. The number of nitrogens with zero attached hydrogens (tertiary/aromatic N) is 1. The minimum absolute atomic E-state index is 0.541. The normalized spacial score (nSPS) is 12.0. The molecular formula is C8H6FNS. The molecule has 0 amide bonds. The lowest BCUT2D eigenvalue weighted by Gasteiger charge is -2.00. The van der Waals surface area contributed by atoms with Gasteiger partial charge < -0.3 is 0 Å². The van der Waals surface area contributed by atoms with Gasteiger partial charge in [0.25, 0.3) is 0 Å². The van der Waals surface area contributed by atoms with Crippen molar-refractivity contribution in [3.63, 3.8) is 0 Å². The first-order valence-corrected chi connectivity index (χ1v) is 3.96. The number of halogens is 1. The fourth-order valence-corrected chi connectivity index (χ4v) is 1.10. The third kappa shape index (κ3) is 2.24. The number of alkyl halides is 1. The minimum Gasteiger partial charge on any atom is -0.229 e. The highest BCUT2D eigenvalue weighted by atomic mass is 32.2. The van der Waals surface area contributed by atoms with E-state index in [9.17, 15) is 4.39 Å². The molecule has 0 aromatic heterocycles. The van der Waals surface area contributed by atoms with Crippen LogP contribution in [0.25, 0.3) is 0 Å². The van der Waals surface area contributed by atoms with Crippen LogP contribution in [-0.2, 0) is 0 Å². The smallest absolute Gasteiger partial charge is 0.184 e. The van der Waals surface area contributed by atoms with Crippen molar-refractivity contribution < 1.29 is 4.39 Å². The summed E-state index contributed by atoms with van der Waals surface area (Å²) in [5, 5.41) is 9.88. The molecule has 1 atom stereocenters. The highest BCUT2D eigenvalue weighted by molar-refractivity contribution is 8.03. The van der Waals surface area contributed by atoms with Gasteiger partial charge in [-0.1, -0.05) is 30.3 Å². The van der Waals surface area contributed by atoms with Crippen molar-refractivity contribution in [2.45, 2.75) is 5.50 Å². The van der Waals surface area contributed by atoms with Gasteiger partial charge in [-0.2, -0.15) is 5.26 Å². The zero-order chi connectivity index (χ0) is 8.10. The predicted octanol–water partition coefficient (Wildman–Crippen LogP) is 2.87. The molecule has 0 N–H and O–H groups in total. The van der Waals surface area contributed by atoms with Gasteiger partial charge in [0.15, 0.2) is 5.50 Å². The minimum atomic E-state index is -1.22. The van der Waals surface area contributed by atoms with Gasteiger partial charge in [-0.05, 0) is 17.3 Å². The van der Waals surface area contributed by atoms with Crippen molar-refractivity contribution in [3.05, 3.63) is 35.9 Å². The van der Waals surface area contributed by atoms with Crippen LogP contribution in [0.1, 0.15) is 11.1 Å². The average molecular weight is 167 g/mol. The monoisotopic (exact) mass is 167 g/mol. The van der Waals surface area contributed by atoms with Crippen LogP contribution in [0, 0.1) is 10.7 Å². The summed E-state index contributed by atoms with van der Waals surface area (Å²) >= 11 is 0.623. The van der Waals surface area contributed by atoms with Gasteiger partial charge >= 0.3 is 0 Å². The molecule has 0 radical (unpaired) electrons. The van der Waals surface area contributed by atoms with E-state index in [-0.39, 0.29) is 0 Å². The van der Waals surface area contributed by atoms with Crippen molar-refractivity contribution >= 4 is 11.8 Å². The summed E-state index contributed by atoms with van der Waals surface area (Å²) in [6, 6.07) is 8.64. The molecule has 0 heterocycles. The van der Waals surface area contributed by atoms with Crippen LogP contribution in [0.15, 0.2) is 30.3 Å². The summed E-state index contributed by atoms with van der Waals surface area (Å²) in [7, 11) is 0. The SMILES string of the molecule is N#CSC(F)c1ccccc1. The average Bonchev–Trinajstić information content (AvgIpc) is 2.07. The molecule has 0 saturated heterocycles. The van der Waals surface area contributed by atoms with E-state index in [0.29, 0.717) is 17.3 Å². The largest absolute Gasteiger partial charge is 0.229 e. The van der Waals surface area contributed by atoms with Gasteiger partial charge in [0, 0.05) is 0 Å². The number of nitriles is 1. The van der Waals surface area contributed by atoms with Crippen molar-refractivity contribution in [1.82, 2.24) is 0 Å². The number of hydrogen-bond donors (Lipinski definition) is 0. The van der Waals surface area contributed by atoms with Crippen molar-refractivity contribution in [2.75, 3.05) is 0 Å². The van der Waals surface area contributed by atoms with E-state index in [1.807, 2.05) is 6.07 Å². The fraction of sp³-hybridized carbons (Fsp3) is 0.125. The topological polar surface area (TPSA) is 23.8 Å². The van der Waals surface area contributed by atoms with E-state index in [2.05, 4.69) is 0 Å². The molecule has 3 heteroatoms. The van der Waals surface area contributed by atoms with E-state index < -0.39 is 5.50 Å². The fourth-order valence-electron chi connectivity index (χ4n) is 0.719. The number of hydrogen-bond acceptors (Lipinski definition) is 2. The zero-order valence-electron chi connectivity index (χ0n) is 5.70.